The first-order valence-corrected chi connectivity index (χ1v) is 13.3. The van der Waals surface area contributed by atoms with Crippen molar-refractivity contribution in [2.24, 2.45) is 34.5 Å². The smallest absolute Gasteiger partial charge is 0.348 e. The first-order chi connectivity index (χ1) is 18.2. The minimum Gasteiger partial charge on any atom is -0.504 e. The van der Waals surface area contributed by atoms with Crippen LogP contribution in [0.25, 0.3) is 0 Å². The van der Waals surface area contributed by atoms with E-state index in [2.05, 4.69) is 0 Å². The zero-order valence-electron chi connectivity index (χ0n) is 22.9. The minimum atomic E-state index is -2.22. The molecule has 10 atom stereocenters. The van der Waals surface area contributed by atoms with Crippen LogP contribution in [-0.2, 0) is 38.1 Å². The molecule has 2 aliphatic heterocycles. The van der Waals surface area contributed by atoms with Crippen molar-refractivity contribution in [3.8, 4) is 0 Å². The predicted molar refractivity (Wildman–Crippen MR) is 132 cm³/mol. The number of ether oxygens (including phenoxy) is 4. The van der Waals surface area contributed by atoms with Gasteiger partial charge in [0.15, 0.2) is 11.5 Å². The third kappa shape index (κ3) is 3.39. The molecule has 5 aliphatic rings. The Bertz CT molecular complexity index is 1200. The summed E-state index contributed by atoms with van der Waals surface area (Å²) in [6.45, 7) is 8.72. The van der Waals surface area contributed by atoms with Crippen molar-refractivity contribution in [2.45, 2.75) is 77.5 Å². The highest BCUT2D eigenvalue weighted by atomic mass is 16.6. The molecule has 11 heteroatoms. The number of aliphatic hydroxyl groups is 3. The van der Waals surface area contributed by atoms with Crippen molar-refractivity contribution in [3.05, 3.63) is 23.0 Å². The highest BCUT2D eigenvalue weighted by Crippen LogP contribution is 2.72. The number of hydrogen-bond donors (Lipinski definition) is 3. The number of rotatable bonds is 4. The highest BCUT2D eigenvalue weighted by molar-refractivity contribution is 5.95. The second kappa shape index (κ2) is 8.87. The van der Waals surface area contributed by atoms with Crippen LogP contribution in [0.1, 0.15) is 47.5 Å². The average Bonchev–Trinajstić information content (AvgIpc) is 3.18. The van der Waals surface area contributed by atoms with Crippen molar-refractivity contribution in [2.75, 3.05) is 13.7 Å². The van der Waals surface area contributed by atoms with Crippen molar-refractivity contribution >= 4 is 23.7 Å². The van der Waals surface area contributed by atoms with E-state index in [0.29, 0.717) is 11.1 Å². The molecule has 2 heterocycles. The molecule has 39 heavy (non-hydrogen) atoms. The van der Waals surface area contributed by atoms with E-state index in [1.807, 2.05) is 13.8 Å². The molecule has 0 aromatic heterocycles. The van der Waals surface area contributed by atoms with E-state index in [1.165, 1.54) is 6.08 Å². The van der Waals surface area contributed by atoms with E-state index in [9.17, 15) is 34.5 Å². The molecule has 2 bridgehead atoms. The Morgan fingerprint density at radius 1 is 1.18 bits per heavy atom. The van der Waals surface area contributed by atoms with Crippen molar-refractivity contribution < 1.29 is 53.4 Å². The SMILES string of the molecule is COC(=O)[C@@]12OC[C@]34C([C@@H](O)[C@@H]1O)[C@@]1(C)CC(=O)C(O)=C(C)C1C[C@H]3OC(=O)[C@H](OC(=O)/C=C(/C)C(C)C)[C@@H]24. The molecule has 5 rings (SSSR count). The number of aliphatic hydroxyl groups excluding tert-OH is 3. The molecule has 0 amide bonds. The molecule has 214 valence electrons. The standard InChI is InChI=1S/C28H36O11/c1-11(2)12(3)7-17(30)39-20-22-27-10-37-28(22,25(35)36-6)23(33)19(32)21(27)26(5)9-15(29)18(31)13(4)14(26)8-16(27)38-24(20)34/h7,11,14,16,19-23,31-33H,8-10H2,1-6H3/b12-7-/t14?,16-,19-,20-,21?,22-,23+,26+,27-,28+/m1/s1. The number of allylic oxidation sites excluding steroid dienone is 3. The molecular formula is C28H36O11. The van der Waals surface area contributed by atoms with Crippen LogP contribution < -0.4 is 0 Å². The lowest BCUT2D eigenvalue weighted by Crippen LogP contribution is -2.79. The fourth-order valence-electron chi connectivity index (χ4n) is 8.37. The first-order valence-electron chi connectivity index (χ1n) is 13.3. The van der Waals surface area contributed by atoms with Crippen molar-refractivity contribution in [1.29, 1.82) is 0 Å². The van der Waals surface area contributed by atoms with Crippen molar-refractivity contribution in [3.63, 3.8) is 0 Å². The number of Topliss-reactive ketones (excluding diaryl/α,β-unsaturated/α-hetero) is 1. The molecule has 0 aromatic carbocycles. The topological polar surface area (TPSA) is 166 Å². The number of carbonyl (C=O) groups is 4. The summed E-state index contributed by atoms with van der Waals surface area (Å²) in [5.41, 5.74) is -3.43. The third-order valence-corrected chi connectivity index (χ3v) is 10.3. The van der Waals surface area contributed by atoms with Gasteiger partial charge in [-0.3, -0.25) is 4.79 Å². The fraction of sp³-hybridized carbons (Fsp3) is 0.714. The number of ketones is 1. The number of esters is 3. The van der Waals surface area contributed by atoms with Gasteiger partial charge in [0.05, 0.1) is 25.7 Å². The summed E-state index contributed by atoms with van der Waals surface area (Å²) in [4.78, 5) is 52.8. The molecule has 4 fully saturated rings. The summed E-state index contributed by atoms with van der Waals surface area (Å²) in [6, 6.07) is 0. The second-order valence-corrected chi connectivity index (χ2v) is 12.3. The quantitative estimate of drug-likeness (QED) is 0.262. The van der Waals surface area contributed by atoms with Crippen molar-refractivity contribution in [1.82, 2.24) is 0 Å². The molecule has 2 saturated carbocycles. The lowest BCUT2D eigenvalue weighted by Gasteiger charge is -2.67. The number of carbonyl (C=O) groups excluding carboxylic acids is 4. The lowest BCUT2D eigenvalue weighted by atomic mass is 9.38. The Morgan fingerprint density at radius 2 is 1.85 bits per heavy atom. The molecule has 2 unspecified atom stereocenters. The van der Waals surface area contributed by atoms with Crippen LogP contribution in [-0.4, -0.2) is 82.7 Å². The molecule has 0 radical (unpaired) electrons. The molecular weight excluding hydrogens is 512 g/mol. The van der Waals surface area contributed by atoms with Crippen LogP contribution in [0, 0.1) is 34.5 Å². The molecule has 11 nitrogen and oxygen atoms in total. The normalized spacial score (nSPS) is 44.9. The number of hydrogen-bond acceptors (Lipinski definition) is 11. The van der Waals surface area contributed by atoms with E-state index in [0.717, 1.165) is 7.11 Å². The van der Waals surface area contributed by atoms with Gasteiger partial charge in [0.25, 0.3) is 0 Å². The van der Waals surface area contributed by atoms with E-state index < -0.39 is 82.3 Å². The van der Waals surface area contributed by atoms with Gasteiger partial charge in [-0.15, -0.1) is 0 Å². The largest absolute Gasteiger partial charge is 0.504 e. The van der Waals surface area contributed by atoms with Gasteiger partial charge >= 0.3 is 17.9 Å². The zero-order valence-corrected chi connectivity index (χ0v) is 22.9. The van der Waals surface area contributed by atoms with Crippen LogP contribution in [0.2, 0.25) is 0 Å². The van der Waals surface area contributed by atoms with Crippen LogP contribution in [0.4, 0.5) is 0 Å². The summed E-state index contributed by atoms with van der Waals surface area (Å²) in [5.74, 6) is -6.26. The molecule has 0 aromatic rings. The van der Waals surface area contributed by atoms with Gasteiger partial charge in [0.1, 0.15) is 12.2 Å². The Labute approximate surface area is 226 Å². The monoisotopic (exact) mass is 548 g/mol. The van der Waals surface area contributed by atoms with Crippen LogP contribution in [0.3, 0.4) is 0 Å². The third-order valence-electron chi connectivity index (χ3n) is 10.3. The lowest BCUT2D eigenvalue weighted by molar-refractivity contribution is -0.290. The van der Waals surface area contributed by atoms with E-state index in [1.54, 1.807) is 20.8 Å². The Kier molecular flexibility index (Phi) is 6.32. The Morgan fingerprint density at radius 3 is 2.46 bits per heavy atom. The first kappa shape index (κ1) is 27.8. The second-order valence-electron chi connectivity index (χ2n) is 12.3. The Balaban J connectivity index is 1.71. The van der Waals surface area contributed by atoms with Gasteiger partial charge in [0, 0.05) is 23.8 Å². The maximum atomic E-state index is 13.5. The van der Waals surface area contributed by atoms with E-state index >= 15 is 0 Å². The van der Waals surface area contributed by atoms with Gasteiger partial charge in [-0.1, -0.05) is 26.3 Å². The summed E-state index contributed by atoms with van der Waals surface area (Å²) in [6.07, 6.45) is -4.75. The van der Waals surface area contributed by atoms with E-state index in [-0.39, 0.29) is 31.1 Å². The average molecular weight is 549 g/mol. The van der Waals surface area contributed by atoms with E-state index in [4.69, 9.17) is 18.9 Å². The summed E-state index contributed by atoms with van der Waals surface area (Å²) < 4.78 is 22.7. The number of fused-ring (bicyclic) bond motifs is 2. The van der Waals surface area contributed by atoms with Gasteiger partial charge in [-0.2, -0.15) is 0 Å². The van der Waals surface area contributed by atoms with Gasteiger partial charge in [-0.25, -0.2) is 14.4 Å². The maximum absolute atomic E-state index is 13.5. The highest BCUT2D eigenvalue weighted by Gasteiger charge is 2.85. The van der Waals surface area contributed by atoms with Crippen LogP contribution in [0.5, 0.6) is 0 Å². The van der Waals surface area contributed by atoms with Gasteiger partial charge < -0.3 is 34.3 Å². The van der Waals surface area contributed by atoms with Crippen LogP contribution >= 0.6 is 0 Å². The molecule has 2 saturated heterocycles. The predicted octanol–water partition coefficient (Wildman–Crippen LogP) is 1.15. The minimum absolute atomic E-state index is 0.0302. The zero-order chi connectivity index (χ0) is 28.8. The summed E-state index contributed by atoms with van der Waals surface area (Å²) in [5, 5.41) is 33.7. The fourth-order valence-corrected chi connectivity index (χ4v) is 8.37. The van der Waals surface area contributed by atoms with Crippen LogP contribution in [0.15, 0.2) is 23.0 Å². The summed E-state index contributed by atoms with van der Waals surface area (Å²) >= 11 is 0. The summed E-state index contributed by atoms with van der Waals surface area (Å²) in [7, 11) is 1.10. The van der Waals surface area contributed by atoms with Gasteiger partial charge in [-0.05, 0) is 43.1 Å². The maximum Gasteiger partial charge on any atom is 0.348 e. The molecule has 3 N–H and O–H groups in total. The number of methoxy groups -OCH3 is 1. The molecule has 1 spiro atoms. The Hall–Kier alpha value is -2.76. The molecule has 3 aliphatic carbocycles. The van der Waals surface area contributed by atoms with Gasteiger partial charge in [0.2, 0.25) is 11.7 Å².